The second kappa shape index (κ2) is 6.02. The molecule has 1 amide bonds. The molecule has 1 atom stereocenters. The van der Waals surface area contributed by atoms with Crippen LogP contribution < -0.4 is 4.74 Å². The number of benzene rings is 1. The molecule has 0 spiro atoms. The first-order valence-electron chi connectivity index (χ1n) is 6.70. The van der Waals surface area contributed by atoms with Gasteiger partial charge < -0.3 is 14.4 Å². The number of rotatable bonds is 3. The van der Waals surface area contributed by atoms with Crippen molar-refractivity contribution in [2.24, 2.45) is 0 Å². The number of hydrogen-bond acceptors (Lipinski definition) is 3. The number of nitrogens with zero attached hydrogens (tertiary/aromatic N) is 1. The maximum atomic E-state index is 12.2. The molecule has 1 saturated heterocycles. The molecule has 0 saturated carbocycles. The van der Waals surface area contributed by atoms with Crippen molar-refractivity contribution < 1.29 is 14.3 Å². The van der Waals surface area contributed by atoms with Gasteiger partial charge in [-0.15, -0.1) is 0 Å². The molecule has 0 bridgehead atoms. The van der Waals surface area contributed by atoms with Gasteiger partial charge in [0, 0.05) is 18.1 Å². The zero-order valence-electron chi connectivity index (χ0n) is 12.1. The SMILES string of the molecule is C[C@H]1CN(C(=O)COc2ccc(Cl)cc2)CC(C)(C)O1. The molecule has 1 aliphatic heterocycles. The lowest BCUT2D eigenvalue weighted by Gasteiger charge is -2.41. The maximum Gasteiger partial charge on any atom is 0.260 e. The van der Waals surface area contributed by atoms with Crippen LogP contribution in [0.25, 0.3) is 0 Å². The van der Waals surface area contributed by atoms with Gasteiger partial charge in [-0.05, 0) is 45.0 Å². The molecule has 1 fully saturated rings. The molecule has 5 heteroatoms. The summed E-state index contributed by atoms with van der Waals surface area (Å²) in [6.07, 6.45) is 0.0400. The Kier molecular flexibility index (Phi) is 4.55. The van der Waals surface area contributed by atoms with Crippen LogP contribution in [0.5, 0.6) is 5.75 Å². The number of morpholine rings is 1. The van der Waals surface area contributed by atoms with Crippen LogP contribution in [-0.4, -0.2) is 42.2 Å². The molecule has 0 radical (unpaired) electrons. The van der Waals surface area contributed by atoms with E-state index in [9.17, 15) is 4.79 Å². The van der Waals surface area contributed by atoms with Crippen LogP contribution in [-0.2, 0) is 9.53 Å². The van der Waals surface area contributed by atoms with Crippen LogP contribution in [0.4, 0.5) is 0 Å². The largest absolute Gasteiger partial charge is 0.484 e. The third-order valence-electron chi connectivity index (χ3n) is 3.10. The summed E-state index contributed by atoms with van der Waals surface area (Å²) >= 11 is 5.80. The van der Waals surface area contributed by atoms with Crippen molar-refractivity contribution in [3.8, 4) is 5.75 Å². The van der Waals surface area contributed by atoms with Crippen LogP contribution >= 0.6 is 11.6 Å². The van der Waals surface area contributed by atoms with Crippen LogP contribution in [0.3, 0.4) is 0 Å². The minimum absolute atomic E-state index is 0.0248. The summed E-state index contributed by atoms with van der Waals surface area (Å²) in [7, 11) is 0. The number of hydrogen-bond donors (Lipinski definition) is 0. The highest BCUT2D eigenvalue weighted by atomic mass is 35.5. The smallest absolute Gasteiger partial charge is 0.260 e. The van der Waals surface area contributed by atoms with Crippen molar-refractivity contribution in [1.29, 1.82) is 0 Å². The minimum atomic E-state index is -0.312. The fraction of sp³-hybridized carbons (Fsp3) is 0.533. The molecule has 20 heavy (non-hydrogen) atoms. The molecular formula is C15H20ClNO3. The van der Waals surface area contributed by atoms with Crippen LogP contribution in [0.15, 0.2) is 24.3 Å². The van der Waals surface area contributed by atoms with Crippen molar-refractivity contribution in [2.75, 3.05) is 19.7 Å². The topological polar surface area (TPSA) is 38.8 Å². The van der Waals surface area contributed by atoms with Gasteiger partial charge in [-0.3, -0.25) is 4.79 Å². The molecule has 0 aliphatic carbocycles. The zero-order valence-corrected chi connectivity index (χ0v) is 12.8. The second-order valence-electron chi connectivity index (χ2n) is 5.71. The van der Waals surface area contributed by atoms with E-state index >= 15 is 0 Å². The third kappa shape index (κ3) is 4.12. The molecule has 1 aliphatic rings. The van der Waals surface area contributed by atoms with E-state index in [4.69, 9.17) is 21.1 Å². The number of ether oxygens (including phenoxy) is 2. The third-order valence-corrected chi connectivity index (χ3v) is 3.35. The first-order chi connectivity index (χ1) is 9.35. The summed E-state index contributed by atoms with van der Waals surface area (Å²) in [5.41, 5.74) is -0.312. The van der Waals surface area contributed by atoms with Gasteiger partial charge in [0.1, 0.15) is 5.75 Å². The van der Waals surface area contributed by atoms with E-state index in [0.29, 0.717) is 23.9 Å². The predicted molar refractivity (Wildman–Crippen MR) is 78.2 cm³/mol. The van der Waals surface area contributed by atoms with Crippen molar-refractivity contribution in [3.05, 3.63) is 29.3 Å². The molecule has 110 valence electrons. The maximum absolute atomic E-state index is 12.2. The number of carbonyl (C=O) groups excluding carboxylic acids is 1. The monoisotopic (exact) mass is 297 g/mol. The quantitative estimate of drug-likeness (QED) is 0.861. The highest BCUT2D eigenvalue weighted by Gasteiger charge is 2.33. The van der Waals surface area contributed by atoms with Crippen LogP contribution in [0, 0.1) is 0 Å². The molecule has 1 aromatic rings. The Hall–Kier alpha value is -1.26. The second-order valence-corrected chi connectivity index (χ2v) is 6.14. The van der Waals surface area contributed by atoms with E-state index < -0.39 is 0 Å². The Bertz CT molecular complexity index is 473. The Morgan fingerprint density at radius 3 is 2.70 bits per heavy atom. The van der Waals surface area contributed by atoms with E-state index in [1.54, 1.807) is 29.2 Å². The van der Waals surface area contributed by atoms with Gasteiger partial charge in [-0.2, -0.15) is 0 Å². The van der Waals surface area contributed by atoms with Gasteiger partial charge in [0.2, 0.25) is 0 Å². The lowest BCUT2D eigenvalue weighted by molar-refractivity contribution is -0.159. The molecule has 2 rings (SSSR count). The van der Waals surface area contributed by atoms with E-state index in [1.807, 2.05) is 20.8 Å². The van der Waals surface area contributed by atoms with E-state index in [1.165, 1.54) is 0 Å². The molecular weight excluding hydrogens is 278 g/mol. The summed E-state index contributed by atoms with van der Waals surface area (Å²) in [5.74, 6) is 0.617. The fourth-order valence-corrected chi connectivity index (χ4v) is 2.54. The lowest BCUT2D eigenvalue weighted by atomic mass is 10.1. The van der Waals surface area contributed by atoms with Crippen molar-refractivity contribution in [2.45, 2.75) is 32.5 Å². The highest BCUT2D eigenvalue weighted by molar-refractivity contribution is 6.30. The van der Waals surface area contributed by atoms with Gasteiger partial charge in [0.25, 0.3) is 5.91 Å². The van der Waals surface area contributed by atoms with Gasteiger partial charge in [-0.25, -0.2) is 0 Å². The Morgan fingerprint density at radius 2 is 2.10 bits per heavy atom. The number of amides is 1. The number of halogens is 1. The fourth-order valence-electron chi connectivity index (χ4n) is 2.41. The van der Waals surface area contributed by atoms with Gasteiger partial charge in [0.05, 0.1) is 11.7 Å². The molecule has 4 nitrogen and oxygen atoms in total. The standard InChI is InChI=1S/C15H20ClNO3/c1-11-8-17(10-15(2,3)20-11)14(18)9-19-13-6-4-12(16)5-7-13/h4-7,11H,8-10H2,1-3H3/t11-/m0/s1. The van der Waals surface area contributed by atoms with Gasteiger partial charge in [0.15, 0.2) is 6.61 Å². The van der Waals surface area contributed by atoms with E-state index in [2.05, 4.69) is 0 Å². The molecule has 1 aromatic carbocycles. The molecule has 0 unspecified atom stereocenters. The van der Waals surface area contributed by atoms with Crippen LogP contribution in [0.2, 0.25) is 5.02 Å². The highest BCUT2D eigenvalue weighted by Crippen LogP contribution is 2.21. The van der Waals surface area contributed by atoms with Crippen LogP contribution in [0.1, 0.15) is 20.8 Å². The van der Waals surface area contributed by atoms with E-state index in [-0.39, 0.29) is 24.2 Å². The number of carbonyl (C=O) groups is 1. The normalized spacial score (nSPS) is 21.6. The van der Waals surface area contributed by atoms with Gasteiger partial charge in [-0.1, -0.05) is 11.6 Å². The van der Waals surface area contributed by atoms with Crippen molar-refractivity contribution in [3.63, 3.8) is 0 Å². The summed E-state index contributed by atoms with van der Waals surface area (Å²) in [6.45, 7) is 7.17. The van der Waals surface area contributed by atoms with Crippen molar-refractivity contribution >= 4 is 17.5 Å². The lowest BCUT2D eigenvalue weighted by Crippen LogP contribution is -2.54. The minimum Gasteiger partial charge on any atom is -0.484 e. The van der Waals surface area contributed by atoms with E-state index in [0.717, 1.165) is 0 Å². The zero-order chi connectivity index (χ0) is 14.8. The molecule has 0 aromatic heterocycles. The molecule has 1 heterocycles. The first kappa shape index (κ1) is 15.1. The Labute approximate surface area is 124 Å². The van der Waals surface area contributed by atoms with Crippen molar-refractivity contribution in [1.82, 2.24) is 4.90 Å². The summed E-state index contributed by atoms with van der Waals surface area (Å²) in [5, 5.41) is 0.646. The average Bonchev–Trinajstić information content (AvgIpc) is 2.35. The molecule has 0 N–H and O–H groups in total. The average molecular weight is 298 g/mol. The van der Waals surface area contributed by atoms with Gasteiger partial charge >= 0.3 is 0 Å². The summed E-state index contributed by atoms with van der Waals surface area (Å²) in [6, 6.07) is 6.98. The first-order valence-corrected chi connectivity index (χ1v) is 7.07. The Balaban J connectivity index is 1.90. The summed E-state index contributed by atoms with van der Waals surface area (Å²) < 4.78 is 11.3. The summed E-state index contributed by atoms with van der Waals surface area (Å²) in [4.78, 5) is 14.0. The Morgan fingerprint density at radius 1 is 1.45 bits per heavy atom. The predicted octanol–water partition coefficient (Wildman–Crippen LogP) is 2.74.